The molecular weight excluding hydrogens is 134 g/mol. The van der Waals surface area contributed by atoms with E-state index >= 15 is 0 Å². The van der Waals surface area contributed by atoms with Crippen molar-refractivity contribution in [1.82, 2.24) is 5.32 Å². The van der Waals surface area contributed by atoms with Gasteiger partial charge in [0.1, 0.15) is 0 Å². The zero-order chi connectivity index (χ0) is 7.56. The topological polar surface area (TPSA) is 58.6 Å². The molecular formula is C6H11NO3. The minimum Gasteiger partial charge on any atom is -0.479 e. The first-order valence-corrected chi connectivity index (χ1v) is 3.28. The molecule has 0 aliphatic carbocycles. The second-order valence-corrected chi connectivity index (χ2v) is 2.47. The van der Waals surface area contributed by atoms with Crippen molar-refractivity contribution in [3.63, 3.8) is 0 Å². The van der Waals surface area contributed by atoms with Crippen LogP contribution in [0, 0.1) is 0 Å². The summed E-state index contributed by atoms with van der Waals surface area (Å²) in [6.07, 6.45) is -0.656. The van der Waals surface area contributed by atoms with Crippen LogP contribution in [0.5, 0.6) is 0 Å². The molecule has 4 nitrogen and oxygen atoms in total. The molecule has 0 aromatic carbocycles. The van der Waals surface area contributed by atoms with Crippen molar-refractivity contribution in [3.8, 4) is 0 Å². The molecule has 0 bridgehead atoms. The Morgan fingerprint density at radius 1 is 1.80 bits per heavy atom. The summed E-state index contributed by atoms with van der Waals surface area (Å²) in [5.41, 5.74) is 0. The molecule has 1 aliphatic heterocycles. The van der Waals surface area contributed by atoms with Crippen LogP contribution in [0.3, 0.4) is 0 Å². The summed E-state index contributed by atoms with van der Waals surface area (Å²) in [6.45, 7) is 2.85. The second-order valence-electron chi connectivity index (χ2n) is 2.47. The molecule has 0 aromatic rings. The molecule has 10 heavy (non-hydrogen) atoms. The van der Waals surface area contributed by atoms with E-state index in [-0.39, 0.29) is 6.04 Å². The highest BCUT2D eigenvalue weighted by atomic mass is 16.5. The number of carbonyl (C=O) groups is 1. The maximum atomic E-state index is 10.3. The lowest BCUT2D eigenvalue weighted by atomic mass is 10.2. The summed E-state index contributed by atoms with van der Waals surface area (Å²) >= 11 is 0. The number of hydrogen-bond acceptors (Lipinski definition) is 3. The van der Waals surface area contributed by atoms with Crippen LogP contribution < -0.4 is 5.32 Å². The Balaban J connectivity index is 2.33. The lowest BCUT2D eigenvalue weighted by Crippen LogP contribution is -2.47. The van der Waals surface area contributed by atoms with E-state index in [0.717, 1.165) is 0 Å². The van der Waals surface area contributed by atoms with Gasteiger partial charge in [0.05, 0.1) is 6.61 Å². The minimum absolute atomic E-state index is 0.274. The largest absolute Gasteiger partial charge is 0.479 e. The van der Waals surface area contributed by atoms with E-state index in [1.165, 1.54) is 0 Å². The number of hydrogen-bond donors (Lipinski definition) is 2. The highest BCUT2D eigenvalue weighted by Crippen LogP contribution is 1.99. The SMILES string of the molecule is C[C@@H]1COC(C(=O)O)CN1. The Morgan fingerprint density at radius 2 is 2.50 bits per heavy atom. The highest BCUT2D eigenvalue weighted by molar-refractivity contribution is 5.72. The van der Waals surface area contributed by atoms with Gasteiger partial charge in [-0.05, 0) is 6.92 Å². The predicted octanol–water partition coefficient (Wildman–Crippen LogP) is -0.552. The molecule has 58 valence electrons. The number of ether oxygens (including phenoxy) is 1. The van der Waals surface area contributed by atoms with Crippen molar-refractivity contribution in [3.05, 3.63) is 0 Å². The monoisotopic (exact) mass is 145 g/mol. The lowest BCUT2D eigenvalue weighted by Gasteiger charge is -2.25. The number of carboxylic acids is 1. The molecule has 1 fully saturated rings. The molecule has 0 aromatic heterocycles. The van der Waals surface area contributed by atoms with Gasteiger partial charge in [0.25, 0.3) is 0 Å². The lowest BCUT2D eigenvalue weighted by molar-refractivity contribution is -0.152. The Morgan fingerprint density at radius 3 is 2.90 bits per heavy atom. The maximum Gasteiger partial charge on any atom is 0.334 e. The first kappa shape index (κ1) is 7.50. The van der Waals surface area contributed by atoms with Gasteiger partial charge in [0.15, 0.2) is 6.10 Å². The average molecular weight is 145 g/mol. The van der Waals surface area contributed by atoms with E-state index in [0.29, 0.717) is 13.2 Å². The number of carboxylic acid groups (broad SMARTS) is 1. The molecule has 1 saturated heterocycles. The van der Waals surface area contributed by atoms with Crippen LogP contribution in [0.4, 0.5) is 0 Å². The van der Waals surface area contributed by atoms with Gasteiger partial charge in [-0.15, -0.1) is 0 Å². The fourth-order valence-electron chi connectivity index (χ4n) is 0.845. The summed E-state index contributed by atoms with van der Waals surface area (Å²) in [6, 6.07) is 0.274. The van der Waals surface area contributed by atoms with E-state index in [2.05, 4.69) is 5.32 Å². The van der Waals surface area contributed by atoms with Gasteiger partial charge in [0.2, 0.25) is 0 Å². The summed E-state index contributed by atoms with van der Waals surface area (Å²) in [5, 5.41) is 11.5. The van der Waals surface area contributed by atoms with Crippen molar-refractivity contribution in [2.24, 2.45) is 0 Å². The molecule has 2 atom stereocenters. The standard InChI is InChI=1S/C6H11NO3/c1-4-3-10-5(2-7-4)6(8)9/h4-5,7H,2-3H2,1H3,(H,8,9)/t4-,5?/m1/s1. The number of aliphatic carboxylic acids is 1. The van der Waals surface area contributed by atoms with Crippen LogP contribution in [0.1, 0.15) is 6.92 Å². The normalized spacial score (nSPS) is 33.7. The zero-order valence-corrected chi connectivity index (χ0v) is 5.83. The Labute approximate surface area is 59.2 Å². The fourth-order valence-corrected chi connectivity index (χ4v) is 0.845. The van der Waals surface area contributed by atoms with E-state index in [9.17, 15) is 4.79 Å². The van der Waals surface area contributed by atoms with Crippen LogP contribution in [-0.2, 0) is 9.53 Å². The minimum atomic E-state index is -0.889. The molecule has 0 amide bonds. The molecule has 0 saturated carbocycles. The number of nitrogens with one attached hydrogen (secondary N) is 1. The summed E-state index contributed by atoms with van der Waals surface area (Å²) in [4.78, 5) is 10.3. The third kappa shape index (κ3) is 1.68. The van der Waals surface area contributed by atoms with E-state index < -0.39 is 12.1 Å². The summed E-state index contributed by atoms with van der Waals surface area (Å²) in [7, 11) is 0. The van der Waals surface area contributed by atoms with Gasteiger partial charge >= 0.3 is 5.97 Å². The second kappa shape index (κ2) is 2.98. The quantitative estimate of drug-likeness (QED) is 0.519. The van der Waals surface area contributed by atoms with Crippen LogP contribution >= 0.6 is 0 Å². The molecule has 0 radical (unpaired) electrons. The Bertz CT molecular complexity index is 129. The Kier molecular flexibility index (Phi) is 2.24. The van der Waals surface area contributed by atoms with Crippen molar-refractivity contribution in [2.45, 2.75) is 19.1 Å². The van der Waals surface area contributed by atoms with Gasteiger partial charge in [-0.3, -0.25) is 0 Å². The van der Waals surface area contributed by atoms with Crippen molar-refractivity contribution >= 4 is 5.97 Å². The van der Waals surface area contributed by atoms with Crippen LogP contribution in [-0.4, -0.2) is 36.4 Å². The van der Waals surface area contributed by atoms with Crippen molar-refractivity contribution in [2.75, 3.05) is 13.2 Å². The van der Waals surface area contributed by atoms with E-state index in [4.69, 9.17) is 9.84 Å². The third-order valence-corrected chi connectivity index (χ3v) is 1.47. The highest BCUT2D eigenvalue weighted by Gasteiger charge is 2.23. The molecule has 1 unspecified atom stereocenters. The molecule has 4 heteroatoms. The van der Waals surface area contributed by atoms with Gasteiger partial charge < -0.3 is 15.2 Å². The maximum absolute atomic E-state index is 10.3. The predicted molar refractivity (Wildman–Crippen MR) is 34.8 cm³/mol. The summed E-state index contributed by atoms with van der Waals surface area (Å²) in [5.74, 6) is -0.889. The van der Waals surface area contributed by atoms with Crippen molar-refractivity contribution < 1.29 is 14.6 Å². The van der Waals surface area contributed by atoms with E-state index in [1.807, 2.05) is 6.92 Å². The van der Waals surface area contributed by atoms with Gasteiger partial charge in [-0.1, -0.05) is 0 Å². The van der Waals surface area contributed by atoms with Gasteiger partial charge in [-0.25, -0.2) is 4.79 Å². The van der Waals surface area contributed by atoms with Gasteiger partial charge in [0, 0.05) is 12.6 Å². The molecule has 1 rings (SSSR count). The van der Waals surface area contributed by atoms with Crippen molar-refractivity contribution in [1.29, 1.82) is 0 Å². The van der Waals surface area contributed by atoms with Crippen LogP contribution in [0.15, 0.2) is 0 Å². The number of morpholine rings is 1. The average Bonchev–Trinajstić information content (AvgIpc) is 1.88. The van der Waals surface area contributed by atoms with Gasteiger partial charge in [-0.2, -0.15) is 0 Å². The van der Waals surface area contributed by atoms with E-state index in [1.54, 1.807) is 0 Å². The Hall–Kier alpha value is -0.610. The zero-order valence-electron chi connectivity index (χ0n) is 5.83. The smallest absolute Gasteiger partial charge is 0.334 e. The molecule has 0 spiro atoms. The fraction of sp³-hybridized carbons (Fsp3) is 0.833. The first-order valence-electron chi connectivity index (χ1n) is 3.28. The number of rotatable bonds is 1. The summed E-state index contributed by atoms with van der Waals surface area (Å²) < 4.78 is 4.99. The van der Waals surface area contributed by atoms with Crippen LogP contribution in [0.2, 0.25) is 0 Å². The third-order valence-electron chi connectivity index (χ3n) is 1.47. The molecule has 1 aliphatic rings. The van der Waals surface area contributed by atoms with Crippen LogP contribution in [0.25, 0.3) is 0 Å². The first-order chi connectivity index (χ1) is 4.70. The molecule has 1 heterocycles. The molecule has 2 N–H and O–H groups in total.